The van der Waals surface area contributed by atoms with E-state index in [0.717, 1.165) is 58.7 Å². The van der Waals surface area contributed by atoms with Crippen molar-refractivity contribution in [3.8, 4) is 11.4 Å². The Bertz CT molecular complexity index is 1060. The molecule has 0 bridgehead atoms. The first-order valence-electron chi connectivity index (χ1n) is 10.4. The highest BCUT2D eigenvalue weighted by Gasteiger charge is 2.30. The van der Waals surface area contributed by atoms with Gasteiger partial charge >= 0.3 is 0 Å². The zero-order valence-electron chi connectivity index (χ0n) is 16.9. The van der Waals surface area contributed by atoms with Crippen LogP contribution in [0.15, 0.2) is 52.8 Å². The van der Waals surface area contributed by atoms with Crippen LogP contribution >= 0.6 is 11.8 Å². The van der Waals surface area contributed by atoms with Crippen molar-refractivity contribution in [2.75, 3.05) is 23.3 Å². The average molecular weight is 421 g/mol. The number of carbonyl (C=O) groups excluding carboxylic acids is 1. The number of amides is 1. The summed E-state index contributed by atoms with van der Waals surface area (Å²) >= 11 is 1.55. The molecule has 3 heterocycles. The number of aromatic nitrogens is 4. The van der Waals surface area contributed by atoms with Crippen molar-refractivity contribution in [1.82, 2.24) is 19.7 Å². The van der Waals surface area contributed by atoms with Crippen molar-refractivity contribution < 1.29 is 4.79 Å². The molecule has 1 saturated heterocycles. The standard InChI is InChI=1S/C22H24N6OS/c1-27-20(25-26-22(27)30-17-5-4-10-23-14-17)18-9-8-16(24-21(29)15-6-7-15)13-19(18)28-11-2-3-12-28/h4-5,8-10,13-15H,2-3,6-7,11-12H2,1H3,(H,24,29). The molecule has 154 valence electrons. The highest BCUT2D eigenvalue weighted by molar-refractivity contribution is 7.99. The SMILES string of the molecule is Cn1c(Sc2cccnc2)nnc1-c1ccc(NC(=O)C2CC2)cc1N1CCCC1. The smallest absolute Gasteiger partial charge is 0.227 e. The summed E-state index contributed by atoms with van der Waals surface area (Å²) in [6.45, 7) is 2.03. The second kappa shape index (κ2) is 8.10. The molecule has 3 aromatic rings. The molecule has 1 aliphatic carbocycles. The molecule has 30 heavy (non-hydrogen) atoms. The van der Waals surface area contributed by atoms with Crippen LogP contribution in [0.25, 0.3) is 11.4 Å². The molecule has 0 unspecified atom stereocenters. The number of hydrogen-bond acceptors (Lipinski definition) is 6. The lowest BCUT2D eigenvalue weighted by molar-refractivity contribution is -0.117. The second-order valence-electron chi connectivity index (χ2n) is 7.85. The number of nitrogens with one attached hydrogen (secondary N) is 1. The zero-order chi connectivity index (χ0) is 20.5. The van der Waals surface area contributed by atoms with Gasteiger partial charge in [-0.25, -0.2) is 0 Å². The van der Waals surface area contributed by atoms with Gasteiger partial charge in [0.2, 0.25) is 5.91 Å². The topological polar surface area (TPSA) is 75.9 Å². The maximum Gasteiger partial charge on any atom is 0.227 e. The molecule has 1 aliphatic heterocycles. The van der Waals surface area contributed by atoms with E-state index in [9.17, 15) is 4.79 Å². The van der Waals surface area contributed by atoms with Crippen LogP contribution in [0.4, 0.5) is 11.4 Å². The molecule has 2 aliphatic rings. The Hall–Kier alpha value is -2.87. The van der Waals surface area contributed by atoms with Crippen molar-refractivity contribution in [2.24, 2.45) is 13.0 Å². The van der Waals surface area contributed by atoms with Crippen molar-refractivity contribution in [2.45, 2.75) is 35.7 Å². The van der Waals surface area contributed by atoms with Crippen LogP contribution in [0.5, 0.6) is 0 Å². The van der Waals surface area contributed by atoms with Crippen LogP contribution in [0, 0.1) is 5.92 Å². The molecule has 0 spiro atoms. The fourth-order valence-corrected chi connectivity index (χ4v) is 4.54. The molecule has 1 amide bonds. The van der Waals surface area contributed by atoms with Crippen LogP contribution in [-0.4, -0.2) is 38.7 Å². The van der Waals surface area contributed by atoms with Gasteiger partial charge in [-0.2, -0.15) is 0 Å². The monoisotopic (exact) mass is 420 g/mol. The number of carbonyl (C=O) groups is 1. The minimum absolute atomic E-state index is 0.129. The summed E-state index contributed by atoms with van der Waals surface area (Å²) in [7, 11) is 1.99. The van der Waals surface area contributed by atoms with Gasteiger partial charge in [-0.15, -0.1) is 10.2 Å². The Morgan fingerprint density at radius 2 is 2.00 bits per heavy atom. The molecule has 0 radical (unpaired) electrons. The van der Waals surface area contributed by atoms with E-state index < -0.39 is 0 Å². The quantitative estimate of drug-likeness (QED) is 0.650. The van der Waals surface area contributed by atoms with Crippen molar-refractivity contribution in [3.05, 3.63) is 42.7 Å². The minimum atomic E-state index is 0.129. The zero-order valence-corrected chi connectivity index (χ0v) is 17.7. The summed E-state index contributed by atoms with van der Waals surface area (Å²) < 4.78 is 2.02. The van der Waals surface area contributed by atoms with Crippen LogP contribution < -0.4 is 10.2 Å². The molecular formula is C22H24N6OS. The third kappa shape index (κ3) is 3.92. The summed E-state index contributed by atoms with van der Waals surface area (Å²) in [5.41, 5.74) is 2.99. The Morgan fingerprint density at radius 1 is 1.17 bits per heavy atom. The Labute approximate surface area is 179 Å². The predicted octanol–water partition coefficient (Wildman–Crippen LogP) is 3.98. The number of pyridine rings is 1. The van der Waals surface area contributed by atoms with Gasteiger partial charge in [0.15, 0.2) is 11.0 Å². The summed E-state index contributed by atoms with van der Waals surface area (Å²) in [6.07, 6.45) is 7.94. The molecular weight excluding hydrogens is 396 g/mol. The highest BCUT2D eigenvalue weighted by atomic mass is 32.2. The third-order valence-electron chi connectivity index (χ3n) is 5.58. The maximum atomic E-state index is 12.2. The van der Waals surface area contributed by atoms with Crippen molar-refractivity contribution in [3.63, 3.8) is 0 Å². The van der Waals surface area contributed by atoms with E-state index in [0.29, 0.717) is 0 Å². The number of nitrogens with zero attached hydrogens (tertiary/aromatic N) is 5. The first-order chi connectivity index (χ1) is 14.7. The molecule has 7 nitrogen and oxygen atoms in total. The van der Waals surface area contributed by atoms with Gasteiger partial charge in [-0.1, -0.05) is 0 Å². The van der Waals surface area contributed by atoms with E-state index in [1.54, 1.807) is 18.0 Å². The van der Waals surface area contributed by atoms with Crippen LogP contribution in [0.2, 0.25) is 0 Å². The number of rotatable bonds is 6. The van der Waals surface area contributed by atoms with Gasteiger partial charge in [-0.3, -0.25) is 9.78 Å². The van der Waals surface area contributed by atoms with E-state index in [-0.39, 0.29) is 11.8 Å². The summed E-state index contributed by atoms with van der Waals surface area (Å²) in [5.74, 6) is 1.14. The largest absolute Gasteiger partial charge is 0.371 e. The fraction of sp³-hybridized carbons (Fsp3) is 0.364. The van der Waals surface area contributed by atoms with Gasteiger partial charge in [-0.05, 0) is 67.8 Å². The lowest BCUT2D eigenvalue weighted by Crippen LogP contribution is -2.20. The predicted molar refractivity (Wildman–Crippen MR) is 118 cm³/mol. The van der Waals surface area contributed by atoms with Crippen molar-refractivity contribution >= 4 is 29.0 Å². The van der Waals surface area contributed by atoms with E-state index in [4.69, 9.17) is 0 Å². The Kier molecular flexibility index (Phi) is 5.16. The van der Waals surface area contributed by atoms with Crippen LogP contribution in [-0.2, 0) is 11.8 Å². The molecule has 5 rings (SSSR count). The maximum absolute atomic E-state index is 12.2. The summed E-state index contributed by atoms with van der Waals surface area (Å²) in [6, 6.07) is 10.0. The van der Waals surface area contributed by atoms with Gasteiger partial charge in [0.1, 0.15) is 0 Å². The van der Waals surface area contributed by atoms with Gasteiger partial charge in [0.05, 0.1) is 0 Å². The third-order valence-corrected chi connectivity index (χ3v) is 6.59. The lowest BCUT2D eigenvalue weighted by Gasteiger charge is -2.22. The molecule has 2 fully saturated rings. The van der Waals surface area contributed by atoms with E-state index >= 15 is 0 Å². The molecule has 1 N–H and O–H groups in total. The van der Waals surface area contributed by atoms with E-state index in [1.807, 2.05) is 36.0 Å². The second-order valence-corrected chi connectivity index (χ2v) is 8.89. The van der Waals surface area contributed by atoms with Crippen LogP contribution in [0.3, 0.4) is 0 Å². The Balaban J connectivity index is 1.47. The normalized spacial score (nSPS) is 16.1. The summed E-state index contributed by atoms with van der Waals surface area (Å²) in [5, 5.41) is 12.8. The molecule has 2 aromatic heterocycles. The van der Waals surface area contributed by atoms with Gasteiger partial charge in [0.25, 0.3) is 0 Å². The molecule has 8 heteroatoms. The van der Waals surface area contributed by atoms with E-state index in [1.165, 1.54) is 12.8 Å². The Morgan fingerprint density at radius 3 is 2.73 bits per heavy atom. The van der Waals surface area contributed by atoms with Gasteiger partial charge < -0.3 is 14.8 Å². The van der Waals surface area contributed by atoms with Crippen LogP contribution in [0.1, 0.15) is 25.7 Å². The summed E-state index contributed by atoms with van der Waals surface area (Å²) in [4.78, 5) is 19.8. The lowest BCUT2D eigenvalue weighted by atomic mass is 10.1. The first-order valence-corrected chi connectivity index (χ1v) is 11.2. The number of hydrogen-bond donors (Lipinski definition) is 1. The highest BCUT2D eigenvalue weighted by Crippen LogP contribution is 2.37. The van der Waals surface area contributed by atoms with Crippen molar-refractivity contribution in [1.29, 1.82) is 0 Å². The number of anilines is 2. The molecule has 1 saturated carbocycles. The fourth-order valence-electron chi connectivity index (χ4n) is 3.76. The number of benzene rings is 1. The first kappa shape index (κ1) is 19.1. The van der Waals surface area contributed by atoms with E-state index in [2.05, 4.69) is 37.5 Å². The average Bonchev–Trinajstić information content (AvgIpc) is 3.37. The molecule has 0 atom stereocenters. The van der Waals surface area contributed by atoms with Gasteiger partial charge in [0, 0.05) is 60.3 Å². The molecule has 1 aromatic carbocycles. The minimum Gasteiger partial charge on any atom is -0.371 e.